The molecule has 7 aliphatic rings. The summed E-state index contributed by atoms with van der Waals surface area (Å²) < 4.78 is 12.8. The first-order chi connectivity index (χ1) is 17.0. The average molecular weight is 506 g/mol. The predicted octanol–water partition coefficient (Wildman–Crippen LogP) is 5.16. The van der Waals surface area contributed by atoms with Gasteiger partial charge in [-0.05, 0) is 68.8 Å². The Morgan fingerprint density at radius 1 is 1.03 bits per heavy atom. The monoisotopic (exact) mass is 505 g/mol. The third-order valence-electron chi connectivity index (χ3n) is 13.4. The third-order valence-corrected chi connectivity index (χ3v) is 13.4. The molecular formula is C31H39NO5. The van der Waals surface area contributed by atoms with Crippen molar-refractivity contribution >= 4 is 11.6 Å². The van der Waals surface area contributed by atoms with Crippen LogP contribution in [0.3, 0.4) is 0 Å². The number of hydrogen-bond acceptors (Lipinski definition) is 5. The minimum absolute atomic E-state index is 0.000352. The van der Waals surface area contributed by atoms with Crippen LogP contribution in [0.1, 0.15) is 86.5 Å². The molecule has 6 fully saturated rings. The van der Waals surface area contributed by atoms with E-state index in [4.69, 9.17) is 16.0 Å². The van der Waals surface area contributed by atoms with Crippen molar-refractivity contribution in [2.24, 2.45) is 38.9 Å². The Kier molecular flexibility index (Phi) is 3.97. The van der Waals surface area contributed by atoms with E-state index < -0.39 is 51.0 Å². The largest absolute Gasteiger partial charge is 0.483 e. The second-order valence-electron chi connectivity index (χ2n) is 15.1. The van der Waals surface area contributed by atoms with Crippen LogP contribution in [0.25, 0.3) is 4.85 Å². The number of ether oxygens (including phenoxy) is 2. The van der Waals surface area contributed by atoms with Gasteiger partial charge in [0, 0.05) is 28.1 Å². The molecule has 0 aromatic rings. The molecule has 6 heteroatoms. The summed E-state index contributed by atoms with van der Waals surface area (Å²) in [6.07, 6.45) is 7.39. The van der Waals surface area contributed by atoms with Crippen LogP contribution < -0.4 is 0 Å². The summed E-state index contributed by atoms with van der Waals surface area (Å²) in [5.41, 5.74) is -5.09. The number of nitrogens with zero attached hydrogens (tertiary/aromatic N) is 1. The van der Waals surface area contributed by atoms with Crippen LogP contribution in [0.15, 0.2) is 24.0 Å². The van der Waals surface area contributed by atoms with Crippen molar-refractivity contribution in [3.8, 4) is 0 Å². The molecule has 4 saturated carbocycles. The second-order valence-corrected chi connectivity index (χ2v) is 15.1. The molecule has 7 rings (SSSR count). The summed E-state index contributed by atoms with van der Waals surface area (Å²) >= 11 is 0. The number of allylic oxidation sites excluding steroid dienone is 1. The summed E-state index contributed by atoms with van der Waals surface area (Å²) in [5.74, 6) is -0.0676. The molecule has 6 nitrogen and oxygen atoms in total. The van der Waals surface area contributed by atoms with E-state index in [-0.39, 0.29) is 22.5 Å². The SMILES string of the molecule is [C-]#[N+][C@@]12O[C@@H]1[C@]1(C)C3=CC(=O)[C@]45OC(=C)[C@@]6(CCC(C)(C)C[C@H]64)CC[C@@]5(C)[C@]3(C)CC[C@H]1[C@](C)(O)C2=O. The number of aliphatic hydroxyl groups is 1. The van der Waals surface area contributed by atoms with Crippen LogP contribution in [-0.4, -0.2) is 39.7 Å². The Morgan fingerprint density at radius 2 is 1.70 bits per heavy atom. The van der Waals surface area contributed by atoms with Gasteiger partial charge in [0.1, 0.15) is 5.60 Å². The van der Waals surface area contributed by atoms with Gasteiger partial charge in [-0.25, -0.2) is 6.57 Å². The van der Waals surface area contributed by atoms with Gasteiger partial charge in [-0.2, -0.15) is 0 Å². The van der Waals surface area contributed by atoms with Gasteiger partial charge < -0.3 is 9.84 Å². The van der Waals surface area contributed by atoms with E-state index in [0.29, 0.717) is 6.42 Å². The lowest BCUT2D eigenvalue weighted by Crippen LogP contribution is -2.73. The molecule has 5 aliphatic carbocycles. The van der Waals surface area contributed by atoms with Gasteiger partial charge in [0.05, 0.1) is 5.76 Å². The van der Waals surface area contributed by atoms with E-state index in [9.17, 15) is 14.7 Å². The minimum atomic E-state index is -1.69. The van der Waals surface area contributed by atoms with Crippen molar-refractivity contribution < 1.29 is 24.2 Å². The molecule has 198 valence electrons. The van der Waals surface area contributed by atoms with Gasteiger partial charge in [-0.1, -0.05) is 46.8 Å². The van der Waals surface area contributed by atoms with Crippen LogP contribution in [0.4, 0.5) is 0 Å². The van der Waals surface area contributed by atoms with Crippen molar-refractivity contribution in [3.05, 3.63) is 35.4 Å². The lowest BCUT2D eigenvalue weighted by atomic mass is 9.33. The molecule has 0 radical (unpaired) electrons. The molecule has 2 bridgehead atoms. The third kappa shape index (κ3) is 2.13. The van der Waals surface area contributed by atoms with Gasteiger partial charge in [-0.3, -0.25) is 19.2 Å². The summed E-state index contributed by atoms with van der Waals surface area (Å²) in [6, 6.07) is 0. The number of epoxide rings is 1. The standard InChI is InChI=1S/C31H39NO5/c1-17-29-13-11-24(2,3)16-20(29)30(36-17)21(33)15-19-25(4,26(30,5)12-14-29)10-9-18-27(19,6)23-31(32-8,37-23)22(34)28(18,7)35/h15,18,20,23,35H,1,9-14,16H2,2-7H3/t18-,20-,23-,25-,26+,27+,28+,29-,30-,31+/m1/s1. The first-order valence-electron chi connectivity index (χ1n) is 14.0. The molecule has 0 aromatic heterocycles. The normalized spacial score (nSPS) is 58.5. The maximum Gasteiger partial charge on any atom is 0.427 e. The van der Waals surface area contributed by atoms with Gasteiger partial charge >= 0.3 is 5.72 Å². The molecule has 2 aliphatic heterocycles. The highest BCUT2D eigenvalue weighted by Gasteiger charge is 2.89. The lowest BCUT2D eigenvalue weighted by Gasteiger charge is -2.68. The number of fused-ring (bicyclic) bond motifs is 6. The molecule has 10 atom stereocenters. The van der Waals surface area contributed by atoms with Crippen molar-refractivity contribution in [2.75, 3.05) is 0 Å². The fraction of sp³-hybridized carbons (Fsp3) is 0.774. The number of hydrogen-bond donors (Lipinski definition) is 1. The van der Waals surface area contributed by atoms with E-state index in [2.05, 4.69) is 39.1 Å². The number of carbonyl (C=O) groups excluding carboxylic acids is 2. The van der Waals surface area contributed by atoms with Crippen molar-refractivity contribution in [2.45, 2.75) is 110 Å². The Balaban J connectivity index is 1.45. The molecule has 1 spiro atoms. The molecule has 0 unspecified atom stereocenters. The quantitative estimate of drug-likeness (QED) is 0.363. The van der Waals surface area contributed by atoms with E-state index in [1.165, 1.54) is 0 Å². The van der Waals surface area contributed by atoms with Crippen LogP contribution in [0.5, 0.6) is 0 Å². The van der Waals surface area contributed by atoms with Crippen molar-refractivity contribution in [1.29, 1.82) is 0 Å². The highest BCUT2D eigenvalue weighted by Crippen LogP contribution is 2.81. The zero-order valence-corrected chi connectivity index (χ0v) is 23.0. The molecule has 37 heavy (non-hydrogen) atoms. The number of rotatable bonds is 0. The highest BCUT2D eigenvalue weighted by atomic mass is 16.6. The van der Waals surface area contributed by atoms with Crippen LogP contribution in [-0.2, 0) is 19.1 Å². The summed E-state index contributed by atoms with van der Waals surface area (Å²) in [5, 5.41) is 11.6. The fourth-order valence-electron chi connectivity index (χ4n) is 11.1. The van der Waals surface area contributed by atoms with Gasteiger partial charge in [0.25, 0.3) is 5.78 Å². The van der Waals surface area contributed by atoms with Crippen molar-refractivity contribution in [3.63, 3.8) is 0 Å². The highest BCUT2D eigenvalue weighted by molar-refractivity contribution is 6.03. The lowest BCUT2D eigenvalue weighted by molar-refractivity contribution is -0.209. The molecule has 1 N–H and O–H groups in total. The summed E-state index contributed by atoms with van der Waals surface area (Å²) in [7, 11) is 0. The van der Waals surface area contributed by atoms with Crippen LogP contribution >= 0.6 is 0 Å². The van der Waals surface area contributed by atoms with Gasteiger partial charge in [0.15, 0.2) is 17.5 Å². The molecule has 0 amide bonds. The van der Waals surface area contributed by atoms with E-state index >= 15 is 0 Å². The number of carbonyl (C=O) groups is 2. The first kappa shape index (κ1) is 24.1. The zero-order chi connectivity index (χ0) is 26.8. The maximum atomic E-state index is 14.7. The second kappa shape index (κ2) is 6.10. The van der Waals surface area contributed by atoms with Crippen LogP contribution in [0.2, 0.25) is 0 Å². The summed E-state index contributed by atoms with van der Waals surface area (Å²) in [6.45, 7) is 25.0. The predicted molar refractivity (Wildman–Crippen MR) is 136 cm³/mol. The van der Waals surface area contributed by atoms with Gasteiger partial charge in [0.2, 0.25) is 0 Å². The average Bonchev–Trinajstić information content (AvgIpc) is 3.54. The Bertz CT molecular complexity index is 1290. The minimum Gasteiger partial charge on any atom is -0.483 e. The van der Waals surface area contributed by atoms with E-state index in [1.54, 1.807) is 6.92 Å². The zero-order valence-electron chi connectivity index (χ0n) is 23.0. The van der Waals surface area contributed by atoms with E-state index in [0.717, 1.165) is 49.9 Å². The maximum absolute atomic E-state index is 14.7. The fourth-order valence-corrected chi connectivity index (χ4v) is 11.1. The van der Waals surface area contributed by atoms with Crippen LogP contribution in [0, 0.1) is 45.5 Å². The molecule has 2 heterocycles. The Morgan fingerprint density at radius 3 is 2.38 bits per heavy atom. The number of Topliss-reactive ketones (excluding diaryl/α,β-unsaturated/α-hetero) is 1. The topological polar surface area (TPSA) is 80.5 Å². The molecular weight excluding hydrogens is 466 g/mol. The van der Waals surface area contributed by atoms with Crippen molar-refractivity contribution in [1.82, 2.24) is 0 Å². The van der Waals surface area contributed by atoms with E-state index in [1.807, 2.05) is 13.0 Å². The molecule has 2 saturated heterocycles. The molecule has 0 aromatic carbocycles. The smallest absolute Gasteiger partial charge is 0.427 e. The summed E-state index contributed by atoms with van der Waals surface area (Å²) in [4.78, 5) is 31.6. The Labute approximate surface area is 219 Å². The van der Waals surface area contributed by atoms with Gasteiger partial charge in [-0.15, -0.1) is 0 Å². The Hall–Kier alpha value is -1.97. The number of ketones is 2. The first-order valence-corrected chi connectivity index (χ1v) is 14.0.